The van der Waals surface area contributed by atoms with Gasteiger partial charge in [-0.3, -0.25) is 9.59 Å². The molecule has 0 aliphatic carbocycles. The zero-order valence-electron chi connectivity index (χ0n) is 27.2. The van der Waals surface area contributed by atoms with E-state index in [9.17, 15) is 18.6 Å². The lowest BCUT2D eigenvalue weighted by atomic mass is 10.0. The molecule has 0 aromatic heterocycles. The van der Waals surface area contributed by atoms with E-state index in [2.05, 4.69) is 25.3 Å². The van der Waals surface area contributed by atoms with Crippen molar-refractivity contribution >= 4 is 34.6 Å². The van der Waals surface area contributed by atoms with E-state index < -0.39 is 34.9 Å². The van der Waals surface area contributed by atoms with Gasteiger partial charge in [0.1, 0.15) is 12.1 Å². The molecule has 4 aromatic rings. The molecule has 3 atom stereocenters. The fourth-order valence-corrected chi connectivity index (χ4v) is 5.80. The van der Waals surface area contributed by atoms with Gasteiger partial charge in [-0.05, 0) is 35.1 Å². The highest BCUT2D eigenvalue weighted by Crippen LogP contribution is 2.10. The van der Waals surface area contributed by atoms with Crippen molar-refractivity contribution in [1.82, 2.24) is 15.4 Å². The summed E-state index contributed by atoms with van der Waals surface area (Å²) in [5.74, 6) is -1.23. The van der Waals surface area contributed by atoms with Crippen molar-refractivity contribution in [3.63, 3.8) is 0 Å². The number of ether oxygens (including phenoxy) is 1. The molecule has 0 aliphatic heterocycles. The summed E-state index contributed by atoms with van der Waals surface area (Å²) in [6, 6.07) is 33.6. The first-order valence-electron chi connectivity index (χ1n) is 15.8. The van der Waals surface area contributed by atoms with Gasteiger partial charge in [-0.1, -0.05) is 120 Å². The summed E-state index contributed by atoms with van der Waals surface area (Å²) >= 11 is 0. The molecule has 0 radical (unpaired) electrons. The quantitative estimate of drug-likeness (QED) is 0.0539. The number of rotatable bonds is 18. The Hall–Kier alpha value is -5.17. The summed E-state index contributed by atoms with van der Waals surface area (Å²) in [7, 11) is -1.60. The number of nitrogens with two attached hydrogens (primary N) is 1. The Labute approximate surface area is 288 Å². The highest BCUT2D eigenvalue weighted by atomic mass is 32.2. The third-order valence-electron chi connectivity index (χ3n) is 7.31. The van der Waals surface area contributed by atoms with Crippen LogP contribution in [0.3, 0.4) is 0 Å². The molecule has 4 rings (SSSR count). The maximum Gasteiger partial charge on any atom is 0.332 e. The average molecular weight is 684 g/mol. The van der Waals surface area contributed by atoms with Crippen molar-refractivity contribution in [2.75, 3.05) is 6.61 Å². The summed E-state index contributed by atoms with van der Waals surface area (Å²) in [5, 5.41) is 9.38. The fraction of sp³-hybridized carbons (Fsp3) is 0.243. The Bertz CT molecular complexity index is 1690. The topological polar surface area (TPSA) is 161 Å². The predicted molar refractivity (Wildman–Crippen MR) is 189 cm³/mol. The van der Waals surface area contributed by atoms with Gasteiger partial charge in [0.25, 0.3) is 0 Å². The molecule has 11 nitrogen and oxygen atoms in total. The number of benzene rings is 4. The van der Waals surface area contributed by atoms with Crippen LogP contribution in [0.4, 0.5) is 0 Å². The number of carbonyl (C=O) groups is 3. The Kier molecular flexibility index (Phi) is 14.7. The summed E-state index contributed by atoms with van der Waals surface area (Å²) < 4.78 is 21.9. The number of nitrogens with one attached hydrogen (secondary N) is 3. The molecule has 12 heteroatoms. The van der Waals surface area contributed by atoms with Crippen LogP contribution in [-0.4, -0.2) is 46.5 Å². The van der Waals surface area contributed by atoms with Crippen LogP contribution in [0.25, 0.3) is 0 Å². The second-order valence-electron chi connectivity index (χ2n) is 11.2. The van der Waals surface area contributed by atoms with Crippen molar-refractivity contribution in [1.29, 1.82) is 0 Å². The Morgan fingerprint density at radius 1 is 0.755 bits per heavy atom. The third-order valence-corrected chi connectivity index (χ3v) is 8.46. The standard InChI is InChI=1S/C37H41N5O6S/c1-27(43)48-41-35(38)32-20-17-29(18-21-32)23-39-36(44)33(22-19-28-11-5-2-6-12-28)40-37(45)34(25-47-24-30-13-7-3-8-14-30)42-49(46)26-31-15-9-4-10-16-31/h2-18,20-21,33-34,42H,19,22-26H2,1H3,(H2,38,41)(H,39,44)(H,40,45)/t33-,34+,49?/m0/s1. The van der Waals surface area contributed by atoms with Gasteiger partial charge in [-0.15, -0.1) is 0 Å². The maximum atomic E-state index is 13.7. The number of amides is 2. The molecule has 1 unspecified atom stereocenters. The van der Waals surface area contributed by atoms with Gasteiger partial charge in [0, 0.05) is 19.0 Å². The van der Waals surface area contributed by atoms with Crippen LogP contribution in [0, 0.1) is 0 Å². The van der Waals surface area contributed by atoms with Crippen molar-refractivity contribution < 1.29 is 28.2 Å². The van der Waals surface area contributed by atoms with E-state index in [0.29, 0.717) is 18.4 Å². The van der Waals surface area contributed by atoms with Crippen LogP contribution in [0.2, 0.25) is 0 Å². The van der Waals surface area contributed by atoms with Crippen LogP contribution in [0.1, 0.15) is 41.2 Å². The van der Waals surface area contributed by atoms with E-state index in [4.69, 9.17) is 10.5 Å². The lowest BCUT2D eigenvalue weighted by Gasteiger charge is -2.23. The van der Waals surface area contributed by atoms with Gasteiger partial charge >= 0.3 is 5.97 Å². The van der Waals surface area contributed by atoms with Crippen LogP contribution in [0.5, 0.6) is 0 Å². The normalized spacial score (nSPS) is 13.1. The van der Waals surface area contributed by atoms with Crippen LogP contribution >= 0.6 is 0 Å². The van der Waals surface area contributed by atoms with Gasteiger partial charge in [0.05, 0.1) is 30.0 Å². The lowest BCUT2D eigenvalue weighted by Crippen LogP contribution is -2.54. The number of carbonyl (C=O) groups excluding carboxylic acids is 3. The fourth-order valence-electron chi connectivity index (χ4n) is 4.73. The van der Waals surface area contributed by atoms with Gasteiger partial charge in [0.2, 0.25) is 11.8 Å². The molecule has 49 heavy (non-hydrogen) atoms. The smallest absolute Gasteiger partial charge is 0.332 e. The zero-order valence-corrected chi connectivity index (χ0v) is 28.1. The molecule has 0 heterocycles. The van der Waals surface area contributed by atoms with E-state index in [0.717, 1.165) is 22.3 Å². The molecular formula is C37H41N5O6S. The van der Waals surface area contributed by atoms with Crippen LogP contribution < -0.4 is 21.1 Å². The zero-order chi connectivity index (χ0) is 34.8. The van der Waals surface area contributed by atoms with E-state index in [1.807, 2.05) is 91.0 Å². The van der Waals surface area contributed by atoms with Gasteiger partial charge in [-0.2, -0.15) is 0 Å². The summed E-state index contributed by atoms with van der Waals surface area (Å²) in [6.45, 7) is 1.60. The molecule has 0 saturated carbocycles. The van der Waals surface area contributed by atoms with Gasteiger partial charge in [-0.25, -0.2) is 13.7 Å². The van der Waals surface area contributed by atoms with Crippen molar-refractivity contribution in [2.24, 2.45) is 10.9 Å². The first-order valence-corrected chi connectivity index (χ1v) is 17.1. The SMILES string of the molecule is CC(=O)O/N=C(\N)c1ccc(CNC(=O)[C@H](CCc2ccccc2)NC(=O)[C@@H](COCc2ccccc2)NS(=O)Cc2ccccc2)cc1. The largest absolute Gasteiger partial charge is 0.380 e. The van der Waals surface area contributed by atoms with E-state index in [-0.39, 0.29) is 37.3 Å². The summed E-state index contributed by atoms with van der Waals surface area (Å²) in [6.07, 6.45) is 0.867. The summed E-state index contributed by atoms with van der Waals surface area (Å²) in [5.41, 5.74) is 9.98. The molecule has 0 spiro atoms. The first kappa shape index (κ1) is 36.7. The van der Waals surface area contributed by atoms with E-state index in [1.54, 1.807) is 24.3 Å². The maximum absolute atomic E-state index is 13.7. The van der Waals surface area contributed by atoms with Crippen molar-refractivity contribution in [3.8, 4) is 0 Å². The first-order chi connectivity index (χ1) is 23.8. The molecule has 0 saturated heterocycles. The molecule has 256 valence electrons. The van der Waals surface area contributed by atoms with Crippen LogP contribution in [-0.2, 0) is 60.3 Å². The summed E-state index contributed by atoms with van der Waals surface area (Å²) in [4.78, 5) is 42.9. The minimum absolute atomic E-state index is 0.0371. The second kappa shape index (κ2) is 19.6. The lowest BCUT2D eigenvalue weighted by molar-refractivity contribution is -0.141. The van der Waals surface area contributed by atoms with Gasteiger partial charge < -0.3 is 25.9 Å². The number of hydrogen-bond acceptors (Lipinski definition) is 7. The minimum atomic E-state index is -1.60. The Morgan fingerprint density at radius 3 is 1.96 bits per heavy atom. The third kappa shape index (κ3) is 13.1. The van der Waals surface area contributed by atoms with E-state index >= 15 is 0 Å². The minimum Gasteiger partial charge on any atom is -0.380 e. The number of hydrogen-bond donors (Lipinski definition) is 4. The van der Waals surface area contributed by atoms with E-state index in [1.165, 1.54) is 6.92 Å². The second-order valence-corrected chi connectivity index (χ2v) is 12.4. The number of oxime groups is 1. The molecule has 0 bridgehead atoms. The highest BCUT2D eigenvalue weighted by Gasteiger charge is 2.27. The molecule has 0 aliphatic rings. The highest BCUT2D eigenvalue weighted by molar-refractivity contribution is 7.82. The molecule has 2 amide bonds. The van der Waals surface area contributed by atoms with Crippen LogP contribution in [0.15, 0.2) is 120 Å². The Balaban J connectivity index is 1.44. The molecule has 5 N–H and O–H groups in total. The average Bonchev–Trinajstić information content (AvgIpc) is 3.12. The number of amidine groups is 1. The monoisotopic (exact) mass is 683 g/mol. The molecule has 0 fully saturated rings. The number of nitrogens with zero attached hydrogens (tertiary/aromatic N) is 1. The number of aryl methyl sites for hydroxylation is 1. The Morgan fingerprint density at radius 2 is 1.35 bits per heavy atom. The van der Waals surface area contributed by atoms with Crippen molar-refractivity contribution in [3.05, 3.63) is 143 Å². The molecule has 4 aromatic carbocycles. The van der Waals surface area contributed by atoms with Crippen molar-refractivity contribution in [2.45, 2.75) is 50.8 Å². The molecular weight excluding hydrogens is 643 g/mol. The van der Waals surface area contributed by atoms with Gasteiger partial charge in [0.15, 0.2) is 5.84 Å². The predicted octanol–water partition coefficient (Wildman–Crippen LogP) is 3.64.